The number of nitrogens with zero attached hydrogens (tertiary/aromatic N) is 2. The first-order valence-corrected chi connectivity index (χ1v) is 6.36. The standard InChI is InChI=1S/C14H19N3O2/c1-9(2)15-14(18)13-6-5-12(19-13)8-17-11(4)7-10(3)16-17/h5-7,9H,8H2,1-4H3,(H,15,18). The summed E-state index contributed by atoms with van der Waals surface area (Å²) in [5.41, 5.74) is 2.05. The molecule has 2 heterocycles. The molecule has 0 aromatic carbocycles. The summed E-state index contributed by atoms with van der Waals surface area (Å²) in [5, 5.41) is 7.16. The van der Waals surface area contributed by atoms with Crippen LogP contribution in [-0.2, 0) is 6.54 Å². The van der Waals surface area contributed by atoms with Gasteiger partial charge in [-0.25, -0.2) is 0 Å². The van der Waals surface area contributed by atoms with Gasteiger partial charge >= 0.3 is 0 Å². The second-order valence-corrected chi connectivity index (χ2v) is 4.98. The largest absolute Gasteiger partial charge is 0.454 e. The number of amides is 1. The van der Waals surface area contributed by atoms with Crippen LogP contribution in [0.4, 0.5) is 0 Å². The predicted molar refractivity (Wildman–Crippen MR) is 72.1 cm³/mol. The number of carbonyl (C=O) groups is 1. The molecule has 1 amide bonds. The van der Waals surface area contributed by atoms with E-state index in [9.17, 15) is 4.79 Å². The maximum Gasteiger partial charge on any atom is 0.287 e. The van der Waals surface area contributed by atoms with Crippen molar-refractivity contribution in [1.29, 1.82) is 0 Å². The van der Waals surface area contributed by atoms with Crippen LogP contribution in [-0.4, -0.2) is 21.7 Å². The quantitative estimate of drug-likeness (QED) is 0.918. The summed E-state index contributed by atoms with van der Waals surface area (Å²) in [6.07, 6.45) is 0. The van der Waals surface area contributed by atoms with Gasteiger partial charge in [-0.2, -0.15) is 5.10 Å². The van der Waals surface area contributed by atoms with Crippen LogP contribution in [0.2, 0.25) is 0 Å². The van der Waals surface area contributed by atoms with E-state index in [-0.39, 0.29) is 11.9 Å². The Labute approximate surface area is 112 Å². The number of rotatable bonds is 4. The lowest BCUT2D eigenvalue weighted by molar-refractivity contribution is 0.0913. The van der Waals surface area contributed by atoms with Gasteiger partial charge in [0.25, 0.3) is 5.91 Å². The minimum Gasteiger partial charge on any atom is -0.454 e. The molecule has 2 aromatic heterocycles. The molecule has 0 saturated carbocycles. The zero-order valence-corrected chi connectivity index (χ0v) is 11.7. The van der Waals surface area contributed by atoms with E-state index in [4.69, 9.17) is 4.42 Å². The molecular formula is C14H19N3O2. The molecule has 0 aliphatic carbocycles. The first-order chi connectivity index (χ1) is 8.95. The minimum absolute atomic E-state index is 0.0945. The molecule has 2 rings (SSSR count). The molecular weight excluding hydrogens is 242 g/mol. The van der Waals surface area contributed by atoms with Gasteiger partial charge in [0.1, 0.15) is 5.76 Å². The molecule has 0 unspecified atom stereocenters. The number of hydrogen-bond donors (Lipinski definition) is 1. The Morgan fingerprint density at radius 3 is 2.74 bits per heavy atom. The second-order valence-electron chi connectivity index (χ2n) is 4.98. The molecule has 0 radical (unpaired) electrons. The number of aryl methyl sites for hydroxylation is 2. The summed E-state index contributed by atoms with van der Waals surface area (Å²) in [4.78, 5) is 11.8. The van der Waals surface area contributed by atoms with Gasteiger partial charge in [-0.15, -0.1) is 0 Å². The second kappa shape index (κ2) is 5.30. The highest BCUT2D eigenvalue weighted by molar-refractivity contribution is 5.91. The van der Waals surface area contributed by atoms with E-state index >= 15 is 0 Å². The van der Waals surface area contributed by atoms with E-state index in [1.54, 1.807) is 6.07 Å². The Hall–Kier alpha value is -2.04. The molecule has 0 bridgehead atoms. The van der Waals surface area contributed by atoms with Crippen molar-refractivity contribution in [2.75, 3.05) is 0 Å². The van der Waals surface area contributed by atoms with Crippen molar-refractivity contribution in [3.8, 4) is 0 Å². The summed E-state index contributed by atoms with van der Waals surface area (Å²) in [5.74, 6) is 0.875. The van der Waals surface area contributed by atoms with Crippen LogP contribution < -0.4 is 5.32 Å². The first-order valence-electron chi connectivity index (χ1n) is 6.36. The number of nitrogens with one attached hydrogen (secondary N) is 1. The normalized spacial score (nSPS) is 11.0. The van der Waals surface area contributed by atoms with Crippen LogP contribution in [0.5, 0.6) is 0 Å². The number of hydrogen-bond acceptors (Lipinski definition) is 3. The third-order valence-electron chi connectivity index (χ3n) is 2.71. The highest BCUT2D eigenvalue weighted by Gasteiger charge is 2.12. The lowest BCUT2D eigenvalue weighted by Crippen LogP contribution is -2.29. The average Bonchev–Trinajstić information content (AvgIpc) is 2.86. The van der Waals surface area contributed by atoms with Crippen LogP contribution in [0.25, 0.3) is 0 Å². The Bertz CT molecular complexity index is 581. The molecule has 0 aliphatic heterocycles. The van der Waals surface area contributed by atoms with Crippen molar-refractivity contribution in [1.82, 2.24) is 15.1 Å². The Morgan fingerprint density at radius 1 is 1.42 bits per heavy atom. The summed E-state index contributed by atoms with van der Waals surface area (Å²) in [7, 11) is 0. The first kappa shape index (κ1) is 13.4. The number of furan rings is 1. The van der Waals surface area contributed by atoms with Gasteiger partial charge in [0, 0.05) is 11.7 Å². The highest BCUT2D eigenvalue weighted by Crippen LogP contribution is 2.11. The lowest BCUT2D eigenvalue weighted by atomic mass is 10.3. The van der Waals surface area contributed by atoms with Crippen molar-refractivity contribution in [2.24, 2.45) is 0 Å². The van der Waals surface area contributed by atoms with Gasteiger partial charge in [-0.3, -0.25) is 9.48 Å². The smallest absolute Gasteiger partial charge is 0.287 e. The summed E-state index contributed by atoms with van der Waals surface area (Å²) >= 11 is 0. The van der Waals surface area contributed by atoms with Gasteiger partial charge < -0.3 is 9.73 Å². The van der Waals surface area contributed by atoms with Gasteiger partial charge in [0.05, 0.1) is 12.2 Å². The van der Waals surface area contributed by atoms with Gasteiger partial charge in [0.15, 0.2) is 5.76 Å². The Balaban J connectivity index is 2.09. The summed E-state index contributed by atoms with van der Waals surface area (Å²) < 4.78 is 7.40. The molecule has 5 nitrogen and oxygen atoms in total. The molecule has 19 heavy (non-hydrogen) atoms. The topological polar surface area (TPSA) is 60.1 Å². The van der Waals surface area contributed by atoms with E-state index in [1.807, 2.05) is 44.5 Å². The maximum atomic E-state index is 11.8. The van der Waals surface area contributed by atoms with Crippen LogP contribution in [0, 0.1) is 13.8 Å². The fraction of sp³-hybridized carbons (Fsp3) is 0.429. The molecule has 0 saturated heterocycles. The molecule has 0 atom stereocenters. The maximum absolute atomic E-state index is 11.8. The third kappa shape index (κ3) is 3.24. The zero-order chi connectivity index (χ0) is 14.0. The number of aromatic nitrogens is 2. The SMILES string of the molecule is Cc1cc(C)n(Cc2ccc(C(=O)NC(C)C)o2)n1. The molecule has 5 heteroatoms. The van der Waals surface area contributed by atoms with Crippen molar-refractivity contribution in [3.05, 3.63) is 41.1 Å². The van der Waals surface area contributed by atoms with Crippen molar-refractivity contribution >= 4 is 5.91 Å². The van der Waals surface area contributed by atoms with Crippen molar-refractivity contribution in [3.63, 3.8) is 0 Å². The predicted octanol–water partition coefficient (Wildman–Crippen LogP) is 2.28. The van der Waals surface area contributed by atoms with Gasteiger partial charge in [0.2, 0.25) is 0 Å². The van der Waals surface area contributed by atoms with E-state index in [0.717, 1.165) is 17.1 Å². The molecule has 0 fully saturated rings. The molecule has 102 valence electrons. The van der Waals surface area contributed by atoms with Crippen molar-refractivity contribution < 1.29 is 9.21 Å². The van der Waals surface area contributed by atoms with Crippen molar-refractivity contribution in [2.45, 2.75) is 40.3 Å². The number of carbonyl (C=O) groups excluding carboxylic acids is 1. The monoisotopic (exact) mass is 261 g/mol. The van der Waals surface area contributed by atoms with Crippen LogP contribution >= 0.6 is 0 Å². The molecule has 0 spiro atoms. The van der Waals surface area contributed by atoms with E-state index in [2.05, 4.69) is 10.4 Å². The van der Waals surface area contributed by atoms with E-state index in [0.29, 0.717) is 12.3 Å². The fourth-order valence-electron chi connectivity index (χ4n) is 1.90. The highest BCUT2D eigenvalue weighted by atomic mass is 16.4. The zero-order valence-electron chi connectivity index (χ0n) is 11.7. The van der Waals surface area contributed by atoms with Crippen LogP contribution in [0.3, 0.4) is 0 Å². The van der Waals surface area contributed by atoms with Crippen LogP contribution in [0.1, 0.15) is 41.6 Å². The minimum atomic E-state index is -0.186. The Morgan fingerprint density at radius 2 is 2.16 bits per heavy atom. The third-order valence-corrected chi connectivity index (χ3v) is 2.71. The van der Waals surface area contributed by atoms with E-state index < -0.39 is 0 Å². The summed E-state index contributed by atoms with van der Waals surface area (Å²) in [6.45, 7) is 8.31. The summed E-state index contributed by atoms with van der Waals surface area (Å²) in [6, 6.07) is 5.61. The Kier molecular flexibility index (Phi) is 3.74. The van der Waals surface area contributed by atoms with E-state index in [1.165, 1.54) is 0 Å². The van der Waals surface area contributed by atoms with Crippen LogP contribution in [0.15, 0.2) is 22.6 Å². The molecule has 2 aromatic rings. The molecule has 1 N–H and O–H groups in total. The van der Waals surface area contributed by atoms with Gasteiger partial charge in [-0.1, -0.05) is 0 Å². The lowest BCUT2D eigenvalue weighted by Gasteiger charge is -2.05. The fourth-order valence-corrected chi connectivity index (χ4v) is 1.90. The van der Waals surface area contributed by atoms with Gasteiger partial charge in [-0.05, 0) is 45.9 Å². The average molecular weight is 261 g/mol. The molecule has 0 aliphatic rings.